The predicted molar refractivity (Wildman–Crippen MR) is 119 cm³/mol. The first-order valence-corrected chi connectivity index (χ1v) is 12.7. The van der Waals surface area contributed by atoms with E-state index in [4.69, 9.17) is 4.74 Å². The molecule has 0 N–H and O–H groups in total. The summed E-state index contributed by atoms with van der Waals surface area (Å²) in [5.74, 6) is -1.27. The molecule has 1 amide bonds. The van der Waals surface area contributed by atoms with Crippen molar-refractivity contribution in [2.24, 2.45) is 5.92 Å². The molecule has 2 fully saturated rings. The number of halogens is 2. The fraction of sp³-hybridized carbons (Fsp3) is 0.458. The van der Waals surface area contributed by atoms with E-state index in [2.05, 4.69) is 0 Å². The summed E-state index contributed by atoms with van der Waals surface area (Å²) < 4.78 is 59.9. The van der Waals surface area contributed by atoms with Gasteiger partial charge in [0.25, 0.3) is 0 Å². The number of piperidine rings is 1. The first-order valence-electron chi connectivity index (χ1n) is 11.3. The summed E-state index contributed by atoms with van der Waals surface area (Å²) in [4.78, 5) is 14.5. The van der Waals surface area contributed by atoms with Crippen LogP contribution in [-0.2, 0) is 14.8 Å². The molecule has 1 atom stereocenters. The first kappa shape index (κ1) is 23.6. The Morgan fingerprint density at radius 3 is 2.39 bits per heavy atom. The lowest BCUT2D eigenvalue weighted by atomic mass is 9.95. The largest absolute Gasteiger partial charge is 0.494 e. The zero-order valence-electron chi connectivity index (χ0n) is 18.5. The van der Waals surface area contributed by atoms with Crippen LogP contribution in [0.25, 0.3) is 0 Å². The number of likely N-dealkylation sites (tertiary alicyclic amines) is 1. The molecular weight excluding hydrogens is 450 g/mol. The summed E-state index contributed by atoms with van der Waals surface area (Å²) in [7, 11) is -4.16. The minimum absolute atomic E-state index is 0.00340. The summed E-state index contributed by atoms with van der Waals surface area (Å²) in [6.45, 7) is 3.38. The van der Waals surface area contributed by atoms with Gasteiger partial charge in [-0.15, -0.1) is 0 Å². The number of sulfonamides is 1. The van der Waals surface area contributed by atoms with E-state index in [0.29, 0.717) is 32.1 Å². The topological polar surface area (TPSA) is 66.9 Å². The SMILES string of the molecule is CCOc1ccc([C@H]2CCCN2C(=O)C2CCN(S(=O)(=O)c3cc(F)ccc3F)CC2)cc1. The number of ether oxygens (including phenoxy) is 1. The van der Waals surface area contributed by atoms with Gasteiger partial charge in [0.2, 0.25) is 15.9 Å². The second-order valence-corrected chi connectivity index (χ2v) is 10.4. The van der Waals surface area contributed by atoms with Crippen LogP contribution in [0.3, 0.4) is 0 Å². The second kappa shape index (κ2) is 9.77. The maximum Gasteiger partial charge on any atom is 0.246 e. The molecule has 2 aliphatic heterocycles. The van der Waals surface area contributed by atoms with Crippen LogP contribution in [0, 0.1) is 17.6 Å². The van der Waals surface area contributed by atoms with Gasteiger partial charge in [0.1, 0.15) is 22.3 Å². The van der Waals surface area contributed by atoms with Gasteiger partial charge in [-0.1, -0.05) is 12.1 Å². The average molecular weight is 479 g/mol. The molecule has 0 aromatic heterocycles. The molecule has 0 bridgehead atoms. The number of hydrogen-bond acceptors (Lipinski definition) is 4. The number of nitrogens with zero attached hydrogens (tertiary/aromatic N) is 2. The highest BCUT2D eigenvalue weighted by molar-refractivity contribution is 7.89. The van der Waals surface area contributed by atoms with E-state index in [9.17, 15) is 22.0 Å². The van der Waals surface area contributed by atoms with Gasteiger partial charge in [-0.25, -0.2) is 17.2 Å². The van der Waals surface area contributed by atoms with Gasteiger partial charge in [0.05, 0.1) is 12.6 Å². The van der Waals surface area contributed by atoms with Crippen molar-refractivity contribution < 1.29 is 26.7 Å². The lowest BCUT2D eigenvalue weighted by Gasteiger charge is -2.34. The first-order chi connectivity index (χ1) is 15.8. The number of hydrogen-bond donors (Lipinski definition) is 0. The number of benzene rings is 2. The number of rotatable bonds is 6. The number of carbonyl (C=O) groups is 1. The van der Waals surface area contributed by atoms with E-state index in [1.165, 1.54) is 0 Å². The van der Waals surface area contributed by atoms with Crippen LogP contribution in [-0.4, -0.2) is 49.8 Å². The molecule has 2 aliphatic rings. The highest BCUT2D eigenvalue weighted by Gasteiger charge is 2.38. The molecule has 0 radical (unpaired) electrons. The quantitative estimate of drug-likeness (QED) is 0.626. The fourth-order valence-corrected chi connectivity index (χ4v) is 6.27. The maximum absolute atomic E-state index is 14.1. The van der Waals surface area contributed by atoms with Crippen molar-refractivity contribution in [1.82, 2.24) is 9.21 Å². The minimum atomic E-state index is -4.16. The van der Waals surface area contributed by atoms with Gasteiger partial charge in [-0.05, 0) is 68.5 Å². The van der Waals surface area contributed by atoms with E-state index in [0.717, 1.165) is 40.6 Å². The Morgan fingerprint density at radius 1 is 1.03 bits per heavy atom. The third kappa shape index (κ3) is 4.89. The van der Waals surface area contributed by atoms with Crippen LogP contribution in [0.4, 0.5) is 8.78 Å². The third-order valence-corrected chi connectivity index (χ3v) is 8.34. The molecule has 4 rings (SSSR count). The lowest BCUT2D eigenvalue weighted by molar-refractivity contribution is -0.137. The van der Waals surface area contributed by atoms with E-state index >= 15 is 0 Å². The fourth-order valence-electron chi connectivity index (χ4n) is 4.72. The highest BCUT2D eigenvalue weighted by atomic mass is 32.2. The van der Waals surface area contributed by atoms with Crippen molar-refractivity contribution in [3.8, 4) is 5.75 Å². The van der Waals surface area contributed by atoms with Crippen molar-refractivity contribution in [2.45, 2.75) is 43.5 Å². The third-order valence-electron chi connectivity index (χ3n) is 6.43. The highest BCUT2D eigenvalue weighted by Crippen LogP contribution is 2.36. The number of carbonyl (C=O) groups excluding carboxylic acids is 1. The summed E-state index contributed by atoms with van der Waals surface area (Å²) in [6.07, 6.45) is 2.49. The Morgan fingerprint density at radius 2 is 1.73 bits per heavy atom. The average Bonchev–Trinajstić information content (AvgIpc) is 3.31. The molecule has 2 aromatic rings. The minimum Gasteiger partial charge on any atom is -0.494 e. The molecule has 2 aromatic carbocycles. The summed E-state index contributed by atoms with van der Waals surface area (Å²) in [5.41, 5.74) is 1.06. The van der Waals surface area contributed by atoms with E-state index < -0.39 is 26.6 Å². The molecule has 2 saturated heterocycles. The summed E-state index contributed by atoms with van der Waals surface area (Å²) in [5, 5.41) is 0. The molecule has 0 saturated carbocycles. The van der Waals surface area contributed by atoms with Gasteiger partial charge in [0.15, 0.2) is 0 Å². The van der Waals surface area contributed by atoms with Crippen LogP contribution < -0.4 is 4.74 Å². The molecule has 0 spiro atoms. The Kier molecular flexibility index (Phi) is 6.99. The normalized spacial score (nSPS) is 20.2. The zero-order chi connectivity index (χ0) is 23.6. The van der Waals surface area contributed by atoms with Gasteiger partial charge >= 0.3 is 0 Å². The zero-order valence-corrected chi connectivity index (χ0v) is 19.4. The van der Waals surface area contributed by atoms with Crippen molar-refractivity contribution in [3.63, 3.8) is 0 Å². The van der Waals surface area contributed by atoms with Crippen LogP contribution in [0.1, 0.15) is 44.2 Å². The molecule has 33 heavy (non-hydrogen) atoms. The predicted octanol–water partition coefficient (Wildman–Crippen LogP) is 4.13. The number of amides is 1. The summed E-state index contributed by atoms with van der Waals surface area (Å²) >= 11 is 0. The van der Waals surface area contributed by atoms with Crippen molar-refractivity contribution in [3.05, 3.63) is 59.7 Å². The van der Waals surface area contributed by atoms with Crippen LogP contribution in [0.15, 0.2) is 47.4 Å². The molecule has 6 nitrogen and oxygen atoms in total. The van der Waals surface area contributed by atoms with E-state index in [1.807, 2.05) is 36.1 Å². The molecule has 0 aliphatic carbocycles. The van der Waals surface area contributed by atoms with Gasteiger partial charge in [0, 0.05) is 25.6 Å². The standard InChI is InChI=1S/C24H28F2N2O4S/c1-2-32-20-8-5-17(6-9-20)22-4-3-13-28(22)24(29)18-11-14-27(15-12-18)33(30,31)23-16-19(25)7-10-21(23)26/h5-10,16,18,22H,2-4,11-15H2,1H3/t22-/m1/s1. The van der Waals surface area contributed by atoms with Crippen molar-refractivity contribution >= 4 is 15.9 Å². The maximum atomic E-state index is 14.1. The van der Waals surface area contributed by atoms with Crippen molar-refractivity contribution in [2.75, 3.05) is 26.2 Å². The Bertz CT molecular complexity index is 1100. The van der Waals surface area contributed by atoms with Gasteiger partial charge in [-0.3, -0.25) is 4.79 Å². The van der Waals surface area contributed by atoms with E-state index in [1.54, 1.807) is 0 Å². The Balaban J connectivity index is 1.42. The second-order valence-electron chi connectivity index (χ2n) is 8.44. The monoisotopic (exact) mass is 478 g/mol. The molecule has 9 heteroatoms. The van der Waals surface area contributed by atoms with Crippen LogP contribution >= 0.6 is 0 Å². The molecule has 178 valence electrons. The molecular formula is C24H28F2N2O4S. The molecule has 0 unspecified atom stereocenters. The van der Waals surface area contributed by atoms with E-state index in [-0.39, 0.29) is 31.0 Å². The van der Waals surface area contributed by atoms with Crippen LogP contribution in [0.2, 0.25) is 0 Å². The van der Waals surface area contributed by atoms with Crippen LogP contribution in [0.5, 0.6) is 5.75 Å². The lowest BCUT2D eigenvalue weighted by Crippen LogP contribution is -2.44. The van der Waals surface area contributed by atoms with Gasteiger partial charge < -0.3 is 9.64 Å². The molecule has 2 heterocycles. The van der Waals surface area contributed by atoms with Crippen molar-refractivity contribution in [1.29, 1.82) is 0 Å². The Labute approximate surface area is 193 Å². The summed E-state index contributed by atoms with van der Waals surface area (Å²) in [6, 6.07) is 10.2. The Hall–Kier alpha value is -2.52. The smallest absolute Gasteiger partial charge is 0.246 e. The van der Waals surface area contributed by atoms with Gasteiger partial charge in [-0.2, -0.15) is 4.31 Å².